The van der Waals surface area contributed by atoms with Gasteiger partial charge < -0.3 is 9.64 Å². The highest BCUT2D eigenvalue weighted by molar-refractivity contribution is 5.77. The van der Waals surface area contributed by atoms with Crippen LogP contribution in [0.25, 0.3) is 0 Å². The van der Waals surface area contributed by atoms with Crippen molar-refractivity contribution in [2.45, 2.75) is 25.2 Å². The molecule has 0 saturated carbocycles. The number of halogens is 1. The van der Waals surface area contributed by atoms with Gasteiger partial charge in [-0.25, -0.2) is 4.39 Å². The zero-order valence-electron chi connectivity index (χ0n) is 14.5. The normalized spacial score (nSPS) is 17.5. The fourth-order valence-electron chi connectivity index (χ4n) is 3.32. The van der Waals surface area contributed by atoms with E-state index in [1.165, 1.54) is 13.2 Å². The van der Waals surface area contributed by atoms with Crippen molar-refractivity contribution in [3.63, 3.8) is 0 Å². The molecule has 0 spiro atoms. The number of aromatic nitrogens is 1. The van der Waals surface area contributed by atoms with Crippen LogP contribution in [0.3, 0.4) is 0 Å². The Morgan fingerprint density at radius 1 is 1.28 bits per heavy atom. The number of hydrogen-bond acceptors (Lipinski definition) is 3. The number of carbonyl (C=O) groups excluding carboxylic acids is 1. The Labute approximate surface area is 147 Å². The molecule has 132 valence electrons. The number of ether oxygens (including phenoxy) is 1. The third-order valence-corrected chi connectivity index (χ3v) is 4.62. The van der Waals surface area contributed by atoms with E-state index in [0.29, 0.717) is 18.5 Å². The molecule has 1 aromatic carbocycles. The maximum absolute atomic E-state index is 13.9. The lowest BCUT2D eigenvalue weighted by Crippen LogP contribution is -2.41. The summed E-state index contributed by atoms with van der Waals surface area (Å²) in [5, 5.41) is 0. The largest absolute Gasteiger partial charge is 0.375 e. The quantitative estimate of drug-likeness (QED) is 0.838. The van der Waals surface area contributed by atoms with Gasteiger partial charge in [0.1, 0.15) is 12.4 Å². The third-order valence-electron chi connectivity index (χ3n) is 4.62. The molecule has 1 aromatic heterocycles. The summed E-state index contributed by atoms with van der Waals surface area (Å²) in [7, 11) is 1.53. The summed E-state index contributed by atoms with van der Waals surface area (Å²) < 4.78 is 18.8. The number of benzene rings is 1. The molecule has 0 N–H and O–H groups in total. The van der Waals surface area contributed by atoms with Crippen LogP contribution in [-0.2, 0) is 16.0 Å². The number of methoxy groups -OCH3 is 1. The maximum atomic E-state index is 13.9. The van der Waals surface area contributed by atoms with Gasteiger partial charge in [-0.15, -0.1) is 0 Å². The van der Waals surface area contributed by atoms with Gasteiger partial charge in [0.25, 0.3) is 0 Å². The molecule has 1 atom stereocenters. The van der Waals surface area contributed by atoms with Crippen LogP contribution in [0.1, 0.15) is 35.7 Å². The first-order valence-electron chi connectivity index (χ1n) is 8.63. The molecule has 0 bridgehead atoms. The van der Waals surface area contributed by atoms with Crippen molar-refractivity contribution in [3.8, 4) is 0 Å². The van der Waals surface area contributed by atoms with Crippen LogP contribution >= 0.6 is 0 Å². The van der Waals surface area contributed by atoms with Gasteiger partial charge in [-0.3, -0.25) is 9.78 Å². The van der Waals surface area contributed by atoms with Crippen LogP contribution in [0, 0.1) is 5.82 Å². The van der Waals surface area contributed by atoms with E-state index in [1.54, 1.807) is 12.1 Å². The molecular weight excluding hydrogens is 319 g/mol. The van der Waals surface area contributed by atoms with Crippen molar-refractivity contribution in [1.82, 2.24) is 9.88 Å². The van der Waals surface area contributed by atoms with Gasteiger partial charge in [-0.1, -0.05) is 24.3 Å². The first-order valence-corrected chi connectivity index (χ1v) is 8.63. The lowest BCUT2D eigenvalue weighted by molar-refractivity contribution is -0.136. The Bertz CT molecular complexity index is 735. The van der Waals surface area contributed by atoms with E-state index in [4.69, 9.17) is 9.72 Å². The molecule has 1 fully saturated rings. The van der Waals surface area contributed by atoms with Crippen LogP contribution in [0.2, 0.25) is 0 Å². The average Bonchev–Trinajstić information content (AvgIpc) is 2.64. The molecule has 0 radical (unpaired) electrons. The van der Waals surface area contributed by atoms with Crippen LogP contribution in [0.4, 0.5) is 4.39 Å². The van der Waals surface area contributed by atoms with Crippen molar-refractivity contribution in [1.29, 1.82) is 0 Å². The van der Waals surface area contributed by atoms with E-state index in [1.807, 2.05) is 29.2 Å². The van der Waals surface area contributed by atoms with Crippen molar-refractivity contribution in [2.24, 2.45) is 0 Å². The average molecular weight is 342 g/mol. The molecule has 3 rings (SSSR count). The summed E-state index contributed by atoms with van der Waals surface area (Å²) in [5.41, 5.74) is 2.47. The molecule has 1 aliphatic rings. The fraction of sp³-hybridized carbons (Fsp3) is 0.400. The van der Waals surface area contributed by atoms with Crippen LogP contribution in [0.5, 0.6) is 0 Å². The molecule has 2 aromatic rings. The molecule has 1 unspecified atom stereocenters. The fourth-order valence-corrected chi connectivity index (χ4v) is 3.32. The second kappa shape index (κ2) is 8.21. The van der Waals surface area contributed by atoms with Gasteiger partial charge >= 0.3 is 0 Å². The summed E-state index contributed by atoms with van der Waals surface area (Å²) in [5.74, 6) is 0.0357. The number of piperidine rings is 1. The van der Waals surface area contributed by atoms with Crippen LogP contribution in [0.15, 0.2) is 42.5 Å². The second-order valence-electron chi connectivity index (χ2n) is 6.43. The summed E-state index contributed by atoms with van der Waals surface area (Å²) in [4.78, 5) is 18.6. The minimum absolute atomic E-state index is 0.0229. The van der Waals surface area contributed by atoms with Crippen molar-refractivity contribution >= 4 is 5.91 Å². The van der Waals surface area contributed by atoms with Gasteiger partial charge in [0.15, 0.2) is 0 Å². The first-order chi connectivity index (χ1) is 12.2. The Balaban J connectivity index is 1.72. The van der Waals surface area contributed by atoms with Crippen molar-refractivity contribution in [3.05, 3.63) is 65.2 Å². The van der Waals surface area contributed by atoms with Crippen LogP contribution in [-0.4, -0.2) is 42.6 Å². The third kappa shape index (κ3) is 4.42. The summed E-state index contributed by atoms with van der Waals surface area (Å²) in [6.45, 7) is 1.55. The number of nitrogens with zero attached hydrogens (tertiary/aromatic N) is 2. The van der Waals surface area contributed by atoms with Crippen LogP contribution < -0.4 is 0 Å². The molecule has 1 saturated heterocycles. The predicted octanol–water partition coefficient (Wildman–Crippen LogP) is 3.16. The number of pyridine rings is 1. The highest BCUT2D eigenvalue weighted by Gasteiger charge is 2.25. The Morgan fingerprint density at radius 3 is 2.92 bits per heavy atom. The van der Waals surface area contributed by atoms with Crippen molar-refractivity contribution in [2.75, 3.05) is 26.8 Å². The predicted molar refractivity (Wildman–Crippen MR) is 93.9 cm³/mol. The number of amides is 1. The molecule has 5 heteroatoms. The van der Waals surface area contributed by atoms with Gasteiger partial charge in [-0.05, 0) is 36.6 Å². The number of rotatable bonds is 5. The van der Waals surface area contributed by atoms with E-state index in [9.17, 15) is 9.18 Å². The first kappa shape index (κ1) is 17.5. The molecule has 0 aliphatic carbocycles. The summed E-state index contributed by atoms with van der Waals surface area (Å²) in [6, 6.07) is 12.7. The summed E-state index contributed by atoms with van der Waals surface area (Å²) in [6.07, 6.45) is 2.44. The molecule has 25 heavy (non-hydrogen) atoms. The number of likely N-dealkylation sites (tertiary alicyclic amines) is 1. The zero-order chi connectivity index (χ0) is 17.6. The van der Waals surface area contributed by atoms with Gasteiger partial charge in [0.2, 0.25) is 5.91 Å². The Hall–Kier alpha value is -2.27. The lowest BCUT2D eigenvalue weighted by Gasteiger charge is -2.32. The van der Waals surface area contributed by atoms with E-state index in [2.05, 4.69) is 0 Å². The summed E-state index contributed by atoms with van der Waals surface area (Å²) >= 11 is 0. The Morgan fingerprint density at radius 2 is 2.12 bits per heavy atom. The number of hydrogen-bond donors (Lipinski definition) is 0. The minimum atomic E-state index is -0.205. The molecule has 4 nitrogen and oxygen atoms in total. The van der Waals surface area contributed by atoms with Gasteiger partial charge in [-0.2, -0.15) is 0 Å². The van der Waals surface area contributed by atoms with Gasteiger partial charge in [0.05, 0.1) is 0 Å². The monoisotopic (exact) mass is 342 g/mol. The molecular formula is C20H23FN2O2. The standard InChI is InChI=1S/C20H23FN2O2/c1-25-14-20(24)23-11-5-7-16(13-23)19-10-4-8-17(22-19)12-15-6-2-3-9-18(15)21/h2-4,6,8-10,16H,5,7,11-14H2,1H3. The topological polar surface area (TPSA) is 42.4 Å². The van der Waals surface area contributed by atoms with Gasteiger partial charge in [0, 0.05) is 43.9 Å². The molecule has 2 heterocycles. The minimum Gasteiger partial charge on any atom is -0.375 e. The highest BCUT2D eigenvalue weighted by atomic mass is 19.1. The van der Waals surface area contributed by atoms with E-state index < -0.39 is 0 Å². The lowest BCUT2D eigenvalue weighted by atomic mass is 9.94. The van der Waals surface area contributed by atoms with E-state index >= 15 is 0 Å². The molecule has 1 aliphatic heterocycles. The number of carbonyl (C=O) groups is 1. The van der Waals surface area contributed by atoms with Crippen molar-refractivity contribution < 1.29 is 13.9 Å². The van der Waals surface area contributed by atoms with E-state index in [0.717, 1.165) is 30.8 Å². The zero-order valence-corrected chi connectivity index (χ0v) is 14.5. The smallest absolute Gasteiger partial charge is 0.248 e. The second-order valence-corrected chi connectivity index (χ2v) is 6.43. The maximum Gasteiger partial charge on any atom is 0.248 e. The molecule has 1 amide bonds. The highest BCUT2D eigenvalue weighted by Crippen LogP contribution is 2.26. The Kier molecular flexibility index (Phi) is 5.76. The van der Waals surface area contributed by atoms with E-state index in [-0.39, 0.29) is 24.2 Å². The SMILES string of the molecule is COCC(=O)N1CCCC(c2cccc(Cc3ccccc3F)n2)C1.